The number of Topliss-reactive ketones (excluding diaryl/α,β-unsaturated/α-hetero) is 1. The highest BCUT2D eigenvalue weighted by Crippen LogP contribution is 2.43. The Kier molecular flexibility index (Phi) is 6.95. The van der Waals surface area contributed by atoms with Gasteiger partial charge < -0.3 is 10.1 Å². The van der Waals surface area contributed by atoms with Crippen LogP contribution in [0.5, 0.6) is 0 Å². The first kappa shape index (κ1) is 21.2. The number of ketones is 1. The molecule has 1 aromatic rings. The zero-order valence-corrected chi connectivity index (χ0v) is 16.5. The van der Waals surface area contributed by atoms with Gasteiger partial charge >= 0.3 is 5.97 Å². The summed E-state index contributed by atoms with van der Waals surface area (Å²) in [5, 5.41) is 24.7. The number of para-hydroxylation sites is 1. The molecular weight excluding hydrogens is 382 g/mol. The number of ether oxygens (including phenoxy) is 1. The van der Waals surface area contributed by atoms with Crippen LogP contribution < -0.4 is 5.32 Å². The Labute approximate surface area is 166 Å². The summed E-state index contributed by atoms with van der Waals surface area (Å²) in [6.07, 6.45) is 0. The van der Waals surface area contributed by atoms with Crippen LogP contribution in [-0.2, 0) is 14.3 Å². The maximum atomic E-state index is 12.3. The van der Waals surface area contributed by atoms with Gasteiger partial charge in [-0.3, -0.25) is 19.7 Å². The first-order valence-electron chi connectivity index (χ1n) is 8.46. The minimum absolute atomic E-state index is 0.0341. The highest BCUT2D eigenvalue weighted by atomic mass is 32.2. The summed E-state index contributed by atoms with van der Waals surface area (Å²) in [5.41, 5.74) is 1.000. The van der Waals surface area contributed by atoms with Crippen LogP contribution in [0.15, 0.2) is 46.1 Å². The summed E-state index contributed by atoms with van der Waals surface area (Å²) >= 11 is 1.06. The number of nitro groups is 1. The minimum atomic E-state index is -0.893. The molecule has 0 fully saturated rings. The van der Waals surface area contributed by atoms with Crippen molar-refractivity contribution in [2.45, 2.75) is 26.7 Å². The highest BCUT2D eigenvalue weighted by molar-refractivity contribution is 8.03. The van der Waals surface area contributed by atoms with Crippen molar-refractivity contribution in [3.63, 3.8) is 0 Å². The van der Waals surface area contributed by atoms with Crippen molar-refractivity contribution >= 4 is 29.2 Å². The fourth-order valence-electron chi connectivity index (χ4n) is 3.04. The monoisotopic (exact) mass is 401 g/mol. The van der Waals surface area contributed by atoms with Crippen molar-refractivity contribution in [2.24, 2.45) is 0 Å². The van der Waals surface area contributed by atoms with Crippen molar-refractivity contribution < 1.29 is 19.2 Å². The molecule has 0 unspecified atom stereocenters. The molecule has 1 aromatic carbocycles. The van der Waals surface area contributed by atoms with E-state index in [0.717, 1.165) is 11.8 Å². The van der Waals surface area contributed by atoms with E-state index in [9.17, 15) is 25.0 Å². The number of carbonyl (C=O) groups is 2. The number of nitriles is 1. The summed E-state index contributed by atoms with van der Waals surface area (Å²) in [7, 11) is 0. The third-order valence-corrected chi connectivity index (χ3v) is 5.10. The van der Waals surface area contributed by atoms with E-state index in [1.165, 1.54) is 25.1 Å². The molecule has 0 saturated carbocycles. The number of nitro benzene ring substituents is 1. The average molecular weight is 401 g/mol. The van der Waals surface area contributed by atoms with Crippen LogP contribution in [0.1, 0.15) is 32.3 Å². The lowest BCUT2D eigenvalue weighted by Gasteiger charge is -2.29. The second-order valence-electron chi connectivity index (χ2n) is 5.92. The predicted molar refractivity (Wildman–Crippen MR) is 104 cm³/mol. The smallest absolute Gasteiger partial charge is 0.316 e. The molecular formula is C19H19N3O5S. The quantitative estimate of drug-likeness (QED) is 0.420. The van der Waals surface area contributed by atoms with Crippen LogP contribution in [0.2, 0.25) is 0 Å². The van der Waals surface area contributed by atoms with Gasteiger partial charge in [0.1, 0.15) is 0 Å². The number of nitrogens with zero attached hydrogens (tertiary/aromatic N) is 2. The number of nitrogens with one attached hydrogen (secondary N) is 1. The molecule has 146 valence electrons. The molecule has 2 rings (SSSR count). The molecule has 0 radical (unpaired) electrons. The molecule has 1 N–H and O–H groups in total. The topological polar surface area (TPSA) is 122 Å². The molecule has 0 aliphatic carbocycles. The molecule has 1 heterocycles. The summed E-state index contributed by atoms with van der Waals surface area (Å²) in [6, 6.07) is 8.09. The molecule has 9 heteroatoms. The first-order chi connectivity index (χ1) is 13.3. The lowest BCUT2D eigenvalue weighted by atomic mass is 9.80. The number of hydrogen-bond donors (Lipinski definition) is 1. The first-order valence-corrected chi connectivity index (χ1v) is 9.45. The molecule has 1 aliphatic heterocycles. The molecule has 28 heavy (non-hydrogen) atoms. The van der Waals surface area contributed by atoms with Crippen molar-refractivity contribution in [2.75, 3.05) is 12.4 Å². The largest absolute Gasteiger partial charge is 0.465 e. The van der Waals surface area contributed by atoms with Crippen LogP contribution in [0, 0.1) is 21.4 Å². The van der Waals surface area contributed by atoms with E-state index < -0.39 is 16.8 Å². The number of carbonyl (C=O) groups excluding carboxylic acids is 2. The second-order valence-corrected chi connectivity index (χ2v) is 6.90. The summed E-state index contributed by atoms with van der Waals surface area (Å²) in [5.74, 6) is -1.67. The molecule has 8 nitrogen and oxygen atoms in total. The lowest BCUT2D eigenvalue weighted by Crippen LogP contribution is -2.28. The van der Waals surface area contributed by atoms with Crippen LogP contribution in [0.25, 0.3) is 0 Å². The Balaban J connectivity index is 2.60. The maximum absolute atomic E-state index is 12.3. The van der Waals surface area contributed by atoms with E-state index in [-0.39, 0.29) is 40.5 Å². The van der Waals surface area contributed by atoms with Gasteiger partial charge in [0.05, 0.1) is 39.9 Å². The summed E-state index contributed by atoms with van der Waals surface area (Å²) in [4.78, 5) is 35.0. The van der Waals surface area contributed by atoms with Crippen LogP contribution in [0.3, 0.4) is 0 Å². The predicted octanol–water partition coefficient (Wildman–Crippen LogP) is 3.18. The summed E-state index contributed by atoms with van der Waals surface area (Å²) < 4.78 is 4.90. The number of esters is 1. The number of hydrogen-bond acceptors (Lipinski definition) is 8. The molecule has 0 aromatic heterocycles. The Morgan fingerprint density at radius 1 is 1.39 bits per heavy atom. The van der Waals surface area contributed by atoms with E-state index in [1.54, 1.807) is 19.9 Å². The van der Waals surface area contributed by atoms with Crippen LogP contribution >= 0.6 is 11.8 Å². The second kappa shape index (κ2) is 9.19. The van der Waals surface area contributed by atoms with Crippen LogP contribution in [0.4, 0.5) is 5.69 Å². The normalized spacial score (nSPS) is 16.3. The van der Waals surface area contributed by atoms with Crippen molar-refractivity contribution in [1.82, 2.24) is 5.32 Å². The number of allylic oxidation sites excluding steroid dienone is 3. The van der Waals surface area contributed by atoms with E-state index in [0.29, 0.717) is 10.7 Å². The maximum Gasteiger partial charge on any atom is 0.316 e. The molecule has 1 aliphatic rings. The number of thioether (sulfide) groups is 1. The Hall–Kier alpha value is -3.12. The average Bonchev–Trinajstić information content (AvgIpc) is 2.65. The molecule has 1 atom stereocenters. The Morgan fingerprint density at radius 2 is 2.07 bits per heavy atom. The van der Waals surface area contributed by atoms with Crippen molar-refractivity contribution in [3.05, 3.63) is 61.8 Å². The van der Waals surface area contributed by atoms with Crippen molar-refractivity contribution in [3.8, 4) is 6.07 Å². The van der Waals surface area contributed by atoms with Gasteiger partial charge in [0, 0.05) is 22.9 Å². The fourth-order valence-corrected chi connectivity index (χ4v) is 3.93. The van der Waals surface area contributed by atoms with E-state index in [4.69, 9.17) is 4.74 Å². The zero-order chi connectivity index (χ0) is 20.8. The van der Waals surface area contributed by atoms with Crippen LogP contribution in [-0.4, -0.2) is 29.0 Å². The fraction of sp³-hybridized carbons (Fsp3) is 0.316. The number of dihydropyridines is 1. The molecule has 0 amide bonds. The van der Waals surface area contributed by atoms with Gasteiger partial charge in [-0.2, -0.15) is 5.26 Å². The van der Waals surface area contributed by atoms with E-state index in [2.05, 4.69) is 11.4 Å². The number of rotatable bonds is 7. The minimum Gasteiger partial charge on any atom is -0.465 e. The number of benzene rings is 1. The van der Waals surface area contributed by atoms with E-state index >= 15 is 0 Å². The molecule has 0 bridgehead atoms. The Bertz CT molecular complexity index is 930. The third-order valence-electron chi connectivity index (χ3n) is 4.11. The van der Waals surface area contributed by atoms with Crippen molar-refractivity contribution in [1.29, 1.82) is 5.26 Å². The standard InChI is InChI=1S/C19H19N3O5S/c1-4-27-16(24)10-28-19-14(9-20)18(17(12(3)23)11(2)21-19)13-7-5-6-8-15(13)22(25)26/h5-8,18,21H,4,10H2,1-3H3/t18-/m0/s1. The van der Waals surface area contributed by atoms with Gasteiger partial charge in [0.2, 0.25) is 0 Å². The zero-order valence-electron chi connectivity index (χ0n) is 15.6. The van der Waals surface area contributed by atoms with Gasteiger partial charge in [0.25, 0.3) is 5.69 Å². The van der Waals surface area contributed by atoms with Gasteiger partial charge in [-0.25, -0.2) is 0 Å². The van der Waals surface area contributed by atoms with Gasteiger partial charge in [-0.15, -0.1) is 0 Å². The molecule has 0 saturated heterocycles. The van der Waals surface area contributed by atoms with Gasteiger partial charge in [-0.1, -0.05) is 30.0 Å². The SMILES string of the molecule is CCOC(=O)CSC1=C(C#N)[C@H](c2ccccc2[N+](=O)[O-])C(C(C)=O)=C(C)N1. The summed E-state index contributed by atoms with van der Waals surface area (Å²) in [6.45, 7) is 4.95. The lowest BCUT2D eigenvalue weighted by molar-refractivity contribution is -0.385. The van der Waals surface area contributed by atoms with Gasteiger partial charge in [0.15, 0.2) is 5.78 Å². The Morgan fingerprint density at radius 3 is 2.64 bits per heavy atom. The van der Waals surface area contributed by atoms with E-state index in [1.807, 2.05) is 0 Å². The molecule has 0 spiro atoms. The third kappa shape index (κ3) is 4.40. The highest BCUT2D eigenvalue weighted by Gasteiger charge is 2.36. The van der Waals surface area contributed by atoms with Gasteiger partial charge in [-0.05, 0) is 20.8 Å².